The van der Waals surface area contributed by atoms with Crippen LogP contribution in [0.1, 0.15) is 69.2 Å². The second kappa shape index (κ2) is 11.7. The van der Waals surface area contributed by atoms with E-state index in [9.17, 15) is 18.3 Å². The lowest BCUT2D eigenvalue weighted by Crippen LogP contribution is -2.37. The minimum atomic E-state index is -3.96. The van der Waals surface area contributed by atoms with Gasteiger partial charge in [0.15, 0.2) is 5.69 Å². The van der Waals surface area contributed by atoms with Crippen molar-refractivity contribution in [1.29, 1.82) is 0 Å². The Kier molecular flexibility index (Phi) is 9.01. The maximum atomic E-state index is 13.6. The van der Waals surface area contributed by atoms with Crippen molar-refractivity contribution >= 4 is 15.7 Å². The molecule has 34 heavy (non-hydrogen) atoms. The van der Waals surface area contributed by atoms with Gasteiger partial charge in [-0.05, 0) is 44.1 Å². The number of nitrogens with zero attached hydrogens (tertiary/aromatic N) is 4. The van der Waals surface area contributed by atoms with Gasteiger partial charge in [-0.25, -0.2) is 18.4 Å². The molecule has 1 aliphatic rings. The predicted molar refractivity (Wildman–Crippen MR) is 130 cm³/mol. The van der Waals surface area contributed by atoms with Gasteiger partial charge in [0.05, 0.1) is 5.75 Å². The zero-order valence-corrected chi connectivity index (χ0v) is 21.0. The van der Waals surface area contributed by atoms with E-state index in [4.69, 9.17) is 4.74 Å². The van der Waals surface area contributed by atoms with Gasteiger partial charge in [0.25, 0.3) is 5.56 Å². The summed E-state index contributed by atoms with van der Waals surface area (Å²) in [5.41, 5.74) is -0.0952. The molecular formula is C23H35N5O5S. The average molecular weight is 494 g/mol. The van der Waals surface area contributed by atoms with E-state index in [1.165, 1.54) is 0 Å². The third-order valence-corrected chi connectivity index (χ3v) is 7.43. The number of ether oxygens (including phenoxy) is 1. The van der Waals surface area contributed by atoms with Crippen molar-refractivity contribution < 1.29 is 18.3 Å². The van der Waals surface area contributed by atoms with Crippen LogP contribution in [0.25, 0.3) is 0 Å². The maximum absolute atomic E-state index is 13.6. The smallest absolute Gasteiger partial charge is 0.282 e. The lowest BCUT2D eigenvalue weighted by atomic mass is 9.89. The van der Waals surface area contributed by atoms with Crippen molar-refractivity contribution in [2.45, 2.75) is 71.8 Å². The molecule has 1 aliphatic heterocycles. The van der Waals surface area contributed by atoms with Crippen LogP contribution in [0.3, 0.4) is 0 Å². The van der Waals surface area contributed by atoms with Crippen molar-refractivity contribution in [2.75, 3.05) is 23.7 Å². The molecule has 3 heterocycles. The monoisotopic (exact) mass is 493 g/mol. The summed E-state index contributed by atoms with van der Waals surface area (Å²) >= 11 is 0. The Bertz CT molecular complexity index is 1110. The fourth-order valence-corrected chi connectivity index (χ4v) is 5.36. The van der Waals surface area contributed by atoms with Gasteiger partial charge in [-0.15, -0.1) is 0 Å². The van der Waals surface area contributed by atoms with Crippen LogP contribution in [0, 0.1) is 12.8 Å². The largest absolute Gasteiger partial charge is 0.492 e. The van der Waals surface area contributed by atoms with E-state index in [0.717, 1.165) is 31.2 Å². The molecule has 11 heteroatoms. The molecule has 1 atom stereocenters. The lowest BCUT2D eigenvalue weighted by molar-refractivity contribution is 0.0466. The van der Waals surface area contributed by atoms with Gasteiger partial charge in [0.1, 0.15) is 11.6 Å². The zero-order chi connectivity index (χ0) is 24.7. The molecule has 3 rings (SSSR count). The summed E-state index contributed by atoms with van der Waals surface area (Å²) in [7, 11) is -3.96. The Labute approximate surface area is 200 Å². The van der Waals surface area contributed by atoms with Crippen LogP contribution < -0.4 is 10.3 Å². The Morgan fingerprint density at radius 2 is 1.88 bits per heavy atom. The number of aromatic hydroxyl groups is 1. The van der Waals surface area contributed by atoms with Crippen molar-refractivity contribution in [3.63, 3.8) is 0 Å². The first-order valence-electron chi connectivity index (χ1n) is 12.0. The quantitative estimate of drug-likeness (QED) is 0.488. The van der Waals surface area contributed by atoms with Crippen molar-refractivity contribution in [3.05, 3.63) is 40.0 Å². The molecule has 0 unspecified atom stereocenters. The topological polar surface area (TPSA) is 136 Å². The average Bonchev–Trinajstić information content (AvgIpc) is 2.83. The van der Waals surface area contributed by atoms with Crippen LogP contribution in [-0.2, 0) is 27.6 Å². The van der Waals surface area contributed by atoms with Crippen LogP contribution in [0.15, 0.2) is 17.2 Å². The summed E-state index contributed by atoms with van der Waals surface area (Å²) in [4.78, 5) is 26.1. The van der Waals surface area contributed by atoms with Gasteiger partial charge < -0.3 is 9.84 Å². The number of hydrogen-bond acceptors (Lipinski definition) is 8. The van der Waals surface area contributed by atoms with Crippen LogP contribution in [0.4, 0.5) is 5.69 Å². The molecule has 0 aliphatic carbocycles. The van der Waals surface area contributed by atoms with E-state index in [1.54, 1.807) is 17.0 Å². The number of anilines is 1. The lowest BCUT2D eigenvalue weighted by Gasteiger charge is -2.32. The highest BCUT2D eigenvalue weighted by Gasteiger charge is 2.30. The number of hydrogen-bond donors (Lipinski definition) is 2. The molecule has 2 aromatic rings. The molecule has 2 N–H and O–H groups in total. The summed E-state index contributed by atoms with van der Waals surface area (Å²) in [5, 5.41) is 10.5. The van der Waals surface area contributed by atoms with Crippen LogP contribution in [-0.4, -0.2) is 52.0 Å². The van der Waals surface area contributed by atoms with Gasteiger partial charge in [0.2, 0.25) is 15.9 Å². The molecule has 10 nitrogen and oxygen atoms in total. The Balaban J connectivity index is 1.92. The fraction of sp³-hybridized carbons (Fsp3) is 0.652. The van der Waals surface area contributed by atoms with E-state index in [-0.39, 0.29) is 24.1 Å². The van der Waals surface area contributed by atoms with Crippen molar-refractivity contribution in [2.24, 2.45) is 5.92 Å². The van der Waals surface area contributed by atoms with E-state index in [1.807, 2.05) is 20.8 Å². The molecule has 0 bridgehead atoms. The number of sulfonamides is 1. The summed E-state index contributed by atoms with van der Waals surface area (Å²) in [6.07, 6.45) is 7.86. The standard InChI is InChI=1S/C23H35N5O5S/c1-4-6-7-20-26-22(29)21(23(30)28(20)18(5-2)17-8-11-33-12-9-17)27-34(31,32)13-10-19-24-14-16(3)15-25-19/h14-15,17-18,27,29H,4-13H2,1-3H3/t18-/m0/s1. The van der Waals surface area contributed by atoms with Gasteiger partial charge in [-0.2, -0.15) is 4.98 Å². The zero-order valence-electron chi connectivity index (χ0n) is 20.2. The minimum absolute atomic E-state index is 0.0756. The Hall–Kier alpha value is -2.53. The Morgan fingerprint density at radius 1 is 1.21 bits per heavy atom. The maximum Gasteiger partial charge on any atom is 0.282 e. The SMILES string of the molecule is CCCCc1nc(O)c(NS(=O)(=O)CCc2ncc(C)cn2)c(=O)n1[C@@H](CC)C1CCOCC1. The summed E-state index contributed by atoms with van der Waals surface area (Å²) < 4.78 is 34.9. The van der Waals surface area contributed by atoms with E-state index < -0.39 is 27.1 Å². The fourth-order valence-electron chi connectivity index (χ4n) is 4.32. The number of aromatic nitrogens is 4. The van der Waals surface area contributed by atoms with Gasteiger partial charge in [0, 0.05) is 44.5 Å². The predicted octanol–water partition coefficient (Wildman–Crippen LogP) is 2.75. The molecule has 1 fully saturated rings. The normalized spacial score (nSPS) is 15.9. The van der Waals surface area contributed by atoms with Gasteiger partial charge in [-0.3, -0.25) is 14.1 Å². The third-order valence-electron chi connectivity index (χ3n) is 6.17. The molecule has 0 amide bonds. The second-order valence-corrected chi connectivity index (χ2v) is 10.6. The van der Waals surface area contributed by atoms with Crippen molar-refractivity contribution in [1.82, 2.24) is 19.5 Å². The molecule has 1 saturated heterocycles. The van der Waals surface area contributed by atoms with Crippen LogP contribution in [0.5, 0.6) is 5.88 Å². The van der Waals surface area contributed by atoms with Crippen LogP contribution >= 0.6 is 0 Å². The second-order valence-electron chi connectivity index (χ2n) is 8.78. The summed E-state index contributed by atoms with van der Waals surface area (Å²) in [6.45, 7) is 7.16. The summed E-state index contributed by atoms with van der Waals surface area (Å²) in [5.74, 6) is 0.162. The Morgan fingerprint density at radius 3 is 2.50 bits per heavy atom. The van der Waals surface area contributed by atoms with Gasteiger partial charge in [-0.1, -0.05) is 20.3 Å². The number of nitrogens with one attached hydrogen (secondary N) is 1. The molecule has 0 spiro atoms. The molecule has 0 radical (unpaired) electrons. The molecule has 2 aromatic heterocycles. The first-order valence-corrected chi connectivity index (χ1v) is 13.6. The van der Waals surface area contributed by atoms with E-state index in [2.05, 4.69) is 19.7 Å². The summed E-state index contributed by atoms with van der Waals surface area (Å²) in [6, 6.07) is -0.152. The number of aryl methyl sites for hydroxylation is 3. The highest BCUT2D eigenvalue weighted by atomic mass is 32.2. The third kappa shape index (κ3) is 6.53. The highest BCUT2D eigenvalue weighted by Crippen LogP contribution is 2.32. The molecule has 0 aromatic carbocycles. The first-order chi connectivity index (χ1) is 16.3. The van der Waals surface area contributed by atoms with E-state index in [0.29, 0.717) is 37.7 Å². The molecule has 188 valence electrons. The highest BCUT2D eigenvalue weighted by molar-refractivity contribution is 7.92. The van der Waals surface area contributed by atoms with Gasteiger partial charge >= 0.3 is 0 Å². The molecule has 0 saturated carbocycles. The number of rotatable bonds is 11. The minimum Gasteiger partial charge on any atom is -0.492 e. The first kappa shape index (κ1) is 26.1. The molecular weight excluding hydrogens is 458 g/mol. The van der Waals surface area contributed by atoms with Crippen LogP contribution in [0.2, 0.25) is 0 Å². The van der Waals surface area contributed by atoms with E-state index >= 15 is 0 Å². The number of unbranched alkanes of at least 4 members (excludes halogenated alkanes) is 1. The van der Waals surface area contributed by atoms with Crippen molar-refractivity contribution in [3.8, 4) is 5.88 Å².